The van der Waals surface area contributed by atoms with Crippen molar-refractivity contribution in [1.29, 1.82) is 0 Å². The van der Waals surface area contributed by atoms with E-state index in [1.165, 1.54) is 15.9 Å². The molecule has 0 saturated carbocycles. The van der Waals surface area contributed by atoms with Crippen LogP contribution in [0.2, 0.25) is 0 Å². The summed E-state index contributed by atoms with van der Waals surface area (Å²) in [5.74, 6) is -0.423. The molecule has 1 aliphatic rings. The third-order valence-electron chi connectivity index (χ3n) is 4.91. The third kappa shape index (κ3) is 4.00. The van der Waals surface area contributed by atoms with Crippen LogP contribution in [0.4, 0.5) is 0 Å². The van der Waals surface area contributed by atoms with E-state index in [1.54, 1.807) is 38.1 Å². The second kappa shape index (κ2) is 8.64. The fourth-order valence-electron chi connectivity index (χ4n) is 3.52. The summed E-state index contributed by atoms with van der Waals surface area (Å²) in [6.07, 6.45) is 1.63. The van der Waals surface area contributed by atoms with E-state index < -0.39 is 12.0 Å². The van der Waals surface area contributed by atoms with Gasteiger partial charge in [-0.05, 0) is 43.7 Å². The Balaban J connectivity index is 1.97. The molecule has 0 amide bonds. The molecule has 0 bridgehead atoms. The van der Waals surface area contributed by atoms with Crippen LogP contribution < -0.4 is 14.9 Å². The molecule has 3 aromatic rings. The molecule has 1 atom stereocenters. The van der Waals surface area contributed by atoms with E-state index in [0.717, 1.165) is 10.0 Å². The van der Waals surface area contributed by atoms with Crippen LogP contribution in [0.1, 0.15) is 31.0 Å². The molecule has 2 heterocycles. The number of aromatic hydroxyl groups is 1. The second-order valence-electron chi connectivity index (χ2n) is 6.92. The first-order valence-electron chi connectivity index (χ1n) is 9.64. The topological polar surface area (TPSA) is 80.9 Å². The van der Waals surface area contributed by atoms with E-state index in [-0.39, 0.29) is 17.9 Å². The number of hydrogen-bond acceptors (Lipinski definition) is 6. The Morgan fingerprint density at radius 2 is 2.03 bits per heavy atom. The molecule has 0 aliphatic carbocycles. The summed E-state index contributed by atoms with van der Waals surface area (Å²) in [4.78, 5) is 31.3. The maximum absolute atomic E-state index is 13.4. The Bertz CT molecular complexity index is 1370. The van der Waals surface area contributed by atoms with Crippen molar-refractivity contribution in [3.8, 4) is 5.75 Å². The molecule has 0 saturated heterocycles. The van der Waals surface area contributed by atoms with Crippen LogP contribution in [-0.4, -0.2) is 22.2 Å². The van der Waals surface area contributed by atoms with Crippen molar-refractivity contribution < 1.29 is 14.6 Å². The Kier molecular flexibility index (Phi) is 5.93. The minimum atomic E-state index is -0.644. The number of phenolic OH excluding ortho intramolecular Hbond substituents is 1. The zero-order valence-corrected chi connectivity index (χ0v) is 19.2. The summed E-state index contributed by atoms with van der Waals surface area (Å²) in [6, 6.07) is 13.7. The number of ether oxygens (including phenoxy) is 1. The standard InChI is InChI=1S/C23H19BrN2O4S/c1-3-30-22(29)19-13(2)25-23-26(20(19)14-7-5-4-6-8-14)21(28)18(31-23)12-15-11-16(24)9-10-17(15)27/h4-12,20,27H,3H2,1-2H3/b18-12-/t20-/m0/s1. The van der Waals surface area contributed by atoms with E-state index in [0.29, 0.717) is 26.2 Å². The number of carbonyl (C=O) groups excluding carboxylic acids is 1. The number of esters is 1. The number of fused-ring (bicyclic) bond motifs is 1. The maximum Gasteiger partial charge on any atom is 0.338 e. The average Bonchev–Trinajstić information content (AvgIpc) is 3.05. The zero-order valence-electron chi connectivity index (χ0n) is 16.8. The molecule has 8 heteroatoms. The largest absolute Gasteiger partial charge is 0.507 e. The number of phenols is 1. The first-order chi connectivity index (χ1) is 14.9. The lowest BCUT2D eigenvalue weighted by Gasteiger charge is -2.24. The molecule has 1 aliphatic heterocycles. The lowest BCUT2D eigenvalue weighted by molar-refractivity contribution is -0.139. The van der Waals surface area contributed by atoms with Crippen LogP contribution in [0.15, 0.2) is 74.1 Å². The van der Waals surface area contributed by atoms with Gasteiger partial charge in [-0.1, -0.05) is 57.6 Å². The van der Waals surface area contributed by atoms with E-state index >= 15 is 0 Å². The molecule has 0 fully saturated rings. The Morgan fingerprint density at radius 3 is 2.74 bits per heavy atom. The van der Waals surface area contributed by atoms with Gasteiger partial charge in [0.1, 0.15) is 5.75 Å². The number of rotatable bonds is 4. The van der Waals surface area contributed by atoms with Gasteiger partial charge >= 0.3 is 5.97 Å². The van der Waals surface area contributed by atoms with Gasteiger partial charge in [0.25, 0.3) is 5.56 Å². The van der Waals surface area contributed by atoms with Crippen molar-refractivity contribution in [2.24, 2.45) is 4.99 Å². The zero-order chi connectivity index (χ0) is 22.1. The summed E-state index contributed by atoms with van der Waals surface area (Å²) >= 11 is 4.60. The first kappa shape index (κ1) is 21.3. The minimum Gasteiger partial charge on any atom is -0.507 e. The van der Waals surface area contributed by atoms with Crippen molar-refractivity contribution in [2.45, 2.75) is 19.9 Å². The summed E-state index contributed by atoms with van der Waals surface area (Å²) in [5.41, 5.74) is 1.88. The van der Waals surface area contributed by atoms with Gasteiger partial charge in [0.05, 0.1) is 28.5 Å². The predicted octanol–water partition coefficient (Wildman–Crippen LogP) is 3.27. The van der Waals surface area contributed by atoms with Crippen molar-refractivity contribution in [2.75, 3.05) is 6.61 Å². The van der Waals surface area contributed by atoms with Crippen LogP contribution in [0, 0.1) is 0 Å². The van der Waals surface area contributed by atoms with Crippen molar-refractivity contribution in [3.63, 3.8) is 0 Å². The maximum atomic E-state index is 13.4. The predicted molar refractivity (Wildman–Crippen MR) is 123 cm³/mol. The number of benzene rings is 2. The van der Waals surface area contributed by atoms with Gasteiger partial charge in [0.15, 0.2) is 4.80 Å². The van der Waals surface area contributed by atoms with Crippen LogP contribution >= 0.6 is 27.3 Å². The minimum absolute atomic E-state index is 0.0667. The summed E-state index contributed by atoms with van der Waals surface area (Å²) in [7, 11) is 0. The molecule has 158 valence electrons. The van der Waals surface area contributed by atoms with E-state index in [4.69, 9.17) is 4.74 Å². The van der Waals surface area contributed by atoms with Gasteiger partial charge in [-0.3, -0.25) is 9.36 Å². The highest BCUT2D eigenvalue weighted by molar-refractivity contribution is 9.10. The normalized spacial score (nSPS) is 16.1. The molecule has 6 nitrogen and oxygen atoms in total. The fourth-order valence-corrected chi connectivity index (χ4v) is 4.94. The highest BCUT2D eigenvalue weighted by Gasteiger charge is 2.33. The molecule has 31 heavy (non-hydrogen) atoms. The molecule has 4 rings (SSSR count). The molecule has 0 unspecified atom stereocenters. The Morgan fingerprint density at radius 1 is 1.29 bits per heavy atom. The quantitative estimate of drug-likeness (QED) is 0.559. The van der Waals surface area contributed by atoms with Crippen molar-refractivity contribution in [3.05, 3.63) is 95.1 Å². The molecule has 1 aromatic heterocycles. The molecule has 2 aromatic carbocycles. The molecule has 1 N–H and O–H groups in total. The van der Waals surface area contributed by atoms with Crippen LogP contribution in [-0.2, 0) is 9.53 Å². The van der Waals surface area contributed by atoms with Gasteiger partial charge in [0.2, 0.25) is 0 Å². The van der Waals surface area contributed by atoms with Gasteiger partial charge in [-0.25, -0.2) is 9.79 Å². The first-order valence-corrected chi connectivity index (χ1v) is 11.2. The van der Waals surface area contributed by atoms with E-state index in [2.05, 4.69) is 20.9 Å². The Labute approximate surface area is 190 Å². The monoisotopic (exact) mass is 498 g/mol. The Hall–Kier alpha value is -2.97. The summed E-state index contributed by atoms with van der Waals surface area (Å²) < 4.78 is 8.00. The smallest absolute Gasteiger partial charge is 0.338 e. The number of hydrogen-bond donors (Lipinski definition) is 1. The molecular formula is C23H19BrN2O4S. The number of aromatic nitrogens is 1. The number of nitrogens with zero attached hydrogens (tertiary/aromatic N) is 2. The van der Waals surface area contributed by atoms with Crippen LogP contribution in [0.25, 0.3) is 6.08 Å². The SMILES string of the molecule is CCOC(=O)C1=C(C)N=c2s/c(=C\c3cc(Br)ccc3O)c(=O)n2[C@H]1c1ccccc1. The van der Waals surface area contributed by atoms with Gasteiger partial charge in [-0.2, -0.15) is 0 Å². The summed E-state index contributed by atoms with van der Waals surface area (Å²) in [5, 5.41) is 10.2. The van der Waals surface area contributed by atoms with Crippen LogP contribution in [0.3, 0.4) is 0 Å². The molecular weight excluding hydrogens is 480 g/mol. The average molecular weight is 499 g/mol. The highest BCUT2D eigenvalue weighted by atomic mass is 79.9. The van der Waals surface area contributed by atoms with Crippen molar-refractivity contribution in [1.82, 2.24) is 4.57 Å². The third-order valence-corrected chi connectivity index (χ3v) is 6.38. The fraction of sp³-hybridized carbons (Fsp3) is 0.174. The van der Waals surface area contributed by atoms with Gasteiger partial charge in [-0.15, -0.1) is 0 Å². The lowest BCUT2D eigenvalue weighted by atomic mass is 9.96. The van der Waals surface area contributed by atoms with Gasteiger partial charge in [0, 0.05) is 10.0 Å². The van der Waals surface area contributed by atoms with Crippen LogP contribution in [0.5, 0.6) is 5.75 Å². The summed E-state index contributed by atoms with van der Waals surface area (Å²) in [6.45, 7) is 3.72. The van der Waals surface area contributed by atoms with Gasteiger partial charge < -0.3 is 9.84 Å². The molecule has 0 radical (unpaired) electrons. The second-order valence-corrected chi connectivity index (χ2v) is 8.84. The highest BCUT2D eigenvalue weighted by Crippen LogP contribution is 2.30. The van der Waals surface area contributed by atoms with Crippen molar-refractivity contribution >= 4 is 39.3 Å². The number of carbonyl (C=O) groups is 1. The number of allylic oxidation sites excluding steroid dienone is 1. The lowest BCUT2D eigenvalue weighted by Crippen LogP contribution is -2.39. The van der Waals surface area contributed by atoms with E-state index in [9.17, 15) is 14.7 Å². The number of halogens is 1. The number of thiazole rings is 1. The molecule has 0 spiro atoms. The van der Waals surface area contributed by atoms with E-state index in [1.807, 2.05) is 30.3 Å².